The Kier molecular flexibility index (Phi) is 5.71. The third kappa shape index (κ3) is 4.64. The summed E-state index contributed by atoms with van der Waals surface area (Å²) in [6.07, 6.45) is 1.40. The molecule has 0 saturated carbocycles. The van der Waals surface area contributed by atoms with Gasteiger partial charge in [0.15, 0.2) is 0 Å². The Bertz CT molecular complexity index is 864. The molecule has 0 radical (unpaired) electrons. The number of hydrogen-bond donors (Lipinski definition) is 2. The van der Waals surface area contributed by atoms with E-state index < -0.39 is 21.7 Å². The molecule has 0 fully saturated rings. The van der Waals surface area contributed by atoms with Crippen molar-refractivity contribution in [1.82, 2.24) is 4.72 Å². The number of halogens is 2. The van der Waals surface area contributed by atoms with E-state index in [4.69, 9.17) is 11.6 Å². The number of benzene rings is 2. The van der Waals surface area contributed by atoms with Crippen LogP contribution in [0.5, 0.6) is 0 Å². The molecule has 1 amide bonds. The van der Waals surface area contributed by atoms with Gasteiger partial charge in [0.1, 0.15) is 5.82 Å². The van der Waals surface area contributed by atoms with E-state index in [1.807, 2.05) is 0 Å². The van der Waals surface area contributed by atoms with Gasteiger partial charge in [0.25, 0.3) is 5.91 Å². The number of anilines is 1. The number of hydrogen-bond acceptors (Lipinski definition) is 3. The third-order valence-electron chi connectivity index (χ3n) is 2.94. The number of carbonyl (C=O) groups is 1. The maximum Gasteiger partial charge on any atom is 0.255 e. The first kappa shape index (κ1) is 18.1. The van der Waals surface area contributed by atoms with Gasteiger partial charge < -0.3 is 5.32 Å². The Balaban J connectivity index is 2.24. The molecule has 5 nitrogen and oxygen atoms in total. The Morgan fingerprint density at radius 3 is 2.67 bits per heavy atom. The van der Waals surface area contributed by atoms with Crippen molar-refractivity contribution in [2.45, 2.75) is 4.90 Å². The van der Waals surface area contributed by atoms with Gasteiger partial charge in [0.05, 0.1) is 4.90 Å². The standard InChI is InChI=1S/C16H14ClFN2O3S/c1-2-6-19-24(22,23)15-5-3-4-11(7-15)16(21)20-14-9-12(17)8-13(18)10-14/h2-5,7-10,19H,1,6H2,(H,20,21). The van der Waals surface area contributed by atoms with Crippen LogP contribution in [-0.2, 0) is 10.0 Å². The molecule has 8 heteroatoms. The zero-order valence-corrected chi connectivity index (χ0v) is 14.0. The Labute approximate surface area is 144 Å². The van der Waals surface area contributed by atoms with E-state index in [1.54, 1.807) is 0 Å². The van der Waals surface area contributed by atoms with Gasteiger partial charge >= 0.3 is 0 Å². The van der Waals surface area contributed by atoms with Crippen LogP contribution in [0.1, 0.15) is 10.4 Å². The maximum absolute atomic E-state index is 13.3. The number of carbonyl (C=O) groups excluding carboxylic acids is 1. The molecule has 0 spiro atoms. The summed E-state index contributed by atoms with van der Waals surface area (Å²) in [6.45, 7) is 3.50. The van der Waals surface area contributed by atoms with Gasteiger partial charge in [-0.1, -0.05) is 23.7 Å². The highest BCUT2D eigenvalue weighted by Gasteiger charge is 2.15. The fraction of sp³-hybridized carbons (Fsp3) is 0.0625. The number of sulfonamides is 1. The first-order chi connectivity index (χ1) is 11.3. The molecule has 0 aliphatic heterocycles. The Morgan fingerprint density at radius 1 is 1.25 bits per heavy atom. The molecule has 0 unspecified atom stereocenters. The van der Waals surface area contributed by atoms with Crippen molar-refractivity contribution in [1.29, 1.82) is 0 Å². The smallest absolute Gasteiger partial charge is 0.255 e. The lowest BCUT2D eigenvalue weighted by atomic mass is 10.2. The second-order valence-electron chi connectivity index (χ2n) is 4.78. The van der Waals surface area contributed by atoms with Gasteiger partial charge in [-0.25, -0.2) is 17.5 Å². The molecule has 24 heavy (non-hydrogen) atoms. The molecule has 0 bridgehead atoms. The molecule has 0 aliphatic rings. The van der Waals surface area contributed by atoms with Crippen molar-refractivity contribution in [3.8, 4) is 0 Å². The summed E-state index contributed by atoms with van der Waals surface area (Å²) < 4.78 is 39.7. The second kappa shape index (κ2) is 7.57. The normalized spacial score (nSPS) is 11.1. The van der Waals surface area contributed by atoms with E-state index in [0.29, 0.717) is 0 Å². The molecule has 2 rings (SSSR count). The first-order valence-electron chi connectivity index (χ1n) is 6.80. The number of nitrogens with one attached hydrogen (secondary N) is 2. The summed E-state index contributed by atoms with van der Waals surface area (Å²) in [5, 5.41) is 2.60. The predicted molar refractivity (Wildman–Crippen MR) is 91.2 cm³/mol. The van der Waals surface area contributed by atoms with E-state index in [0.717, 1.165) is 12.1 Å². The zero-order valence-electron chi connectivity index (χ0n) is 12.4. The molecule has 0 aliphatic carbocycles. The average molecular weight is 369 g/mol. The highest BCUT2D eigenvalue weighted by molar-refractivity contribution is 7.89. The van der Waals surface area contributed by atoms with Crippen LogP contribution < -0.4 is 10.0 Å². The van der Waals surface area contributed by atoms with Gasteiger partial charge in [-0.15, -0.1) is 6.58 Å². The van der Waals surface area contributed by atoms with E-state index >= 15 is 0 Å². The monoisotopic (exact) mass is 368 g/mol. The van der Waals surface area contributed by atoms with Gasteiger partial charge in [-0.05, 0) is 36.4 Å². The van der Waals surface area contributed by atoms with Crippen LogP contribution >= 0.6 is 11.6 Å². The highest BCUT2D eigenvalue weighted by atomic mass is 35.5. The van der Waals surface area contributed by atoms with Crippen molar-refractivity contribution >= 4 is 33.2 Å². The molecule has 0 heterocycles. The minimum absolute atomic E-state index is 0.0609. The molecule has 126 valence electrons. The van der Waals surface area contributed by atoms with Crippen LogP contribution in [0.4, 0.5) is 10.1 Å². The molecule has 0 saturated heterocycles. The van der Waals surface area contributed by atoms with Crippen molar-refractivity contribution in [2.75, 3.05) is 11.9 Å². The SMILES string of the molecule is C=CCNS(=O)(=O)c1cccc(C(=O)Nc2cc(F)cc(Cl)c2)c1. The summed E-state index contributed by atoms with van der Waals surface area (Å²) in [4.78, 5) is 12.2. The maximum atomic E-state index is 13.3. The second-order valence-corrected chi connectivity index (χ2v) is 6.98. The quantitative estimate of drug-likeness (QED) is 0.769. The molecule has 2 N–H and O–H groups in total. The molecule has 0 atom stereocenters. The number of amides is 1. The van der Waals surface area contributed by atoms with Crippen molar-refractivity contribution in [3.05, 3.63) is 71.5 Å². The van der Waals surface area contributed by atoms with Crippen molar-refractivity contribution in [2.24, 2.45) is 0 Å². The first-order valence-corrected chi connectivity index (χ1v) is 8.66. The van der Waals surface area contributed by atoms with Crippen molar-refractivity contribution in [3.63, 3.8) is 0 Å². The van der Waals surface area contributed by atoms with Gasteiger partial charge in [-0.2, -0.15) is 0 Å². The fourth-order valence-electron chi connectivity index (χ4n) is 1.89. The van der Waals surface area contributed by atoms with E-state index in [2.05, 4.69) is 16.6 Å². The highest BCUT2D eigenvalue weighted by Crippen LogP contribution is 2.19. The molecular formula is C16H14ClFN2O3S. The van der Waals surface area contributed by atoms with Crippen LogP contribution in [0.15, 0.2) is 60.0 Å². The van der Waals surface area contributed by atoms with Gasteiger partial charge in [-0.3, -0.25) is 4.79 Å². The van der Waals surface area contributed by atoms with Gasteiger partial charge in [0, 0.05) is 22.8 Å². The summed E-state index contributed by atoms with van der Waals surface area (Å²) in [5.41, 5.74) is 0.278. The fourth-order valence-corrected chi connectivity index (χ4v) is 3.15. The lowest BCUT2D eigenvalue weighted by Gasteiger charge is -2.08. The number of rotatable bonds is 6. The van der Waals surface area contributed by atoms with Crippen LogP contribution in [0.2, 0.25) is 5.02 Å². The molecular weight excluding hydrogens is 355 g/mol. The lowest BCUT2D eigenvalue weighted by molar-refractivity contribution is 0.102. The van der Waals surface area contributed by atoms with Crippen LogP contribution in [0, 0.1) is 5.82 Å². The van der Waals surface area contributed by atoms with Crippen LogP contribution in [-0.4, -0.2) is 20.9 Å². The zero-order chi connectivity index (χ0) is 17.7. The minimum atomic E-state index is -3.75. The van der Waals surface area contributed by atoms with Gasteiger partial charge in [0.2, 0.25) is 10.0 Å². The summed E-state index contributed by atoms with van der Waals surface area (Å²) in [7, 11) is -3.75. The van der Waals surface area contributed by atoms with E-state index in [1.165, 1.54) is 36.4 Å². The minimum Gasteiger partial charge on any atom is -0.322 e. The third-order valence-corrected chi connectivity index (χ3v) is 4.58. The molecule has 2 aromatic carbocycles. The van der Waals surface area contributed by atoms with Crippen LogP contribution in [0.3, 0.4) is 0 Å². The summed E-state index contributed by atoms with van der Waals surface area (Å²) >= 11 is 5.73. The van der Waals surface area contributed by atoms with E-state index in [-0.39, 0.29) is 27.7 Å². The Morgan fingerprint density at radius 2 is 2.00 bits per heavy atom. The largest absolute Gasteiger partial charge is 0.322 e. The Hall–Kier alpha value is -2.22. The molecule has 2 aromatic rings. The average Bonchev–Trinajstić information content (AvgIpc) is 2.52. The lowest BCUT2D eigenvalue weighted by Crippen LogP contribution is -2.24. The van der Waals surface area contributed by atoms with E-state index in [9.17, 15) is 17.6 Å². The summed E-state index contributed by atoms with van der Waals surface area (Å²) in [6, 6.07) is 9.07. The topological polar surface area (TPSA) is 75.3 Å². The predicted octanol–water partition coefficient (Wildman–Crippen LogP) is 3.20. The van der Waals surface area contributed by atoms with Crippen molar-refractivity contribution < 1.29 is 17.6 Å². The molecule has 0 aromatic heterocycles. The van der Waals surface area contributed by atoms with Crippen LogP contribution in [0.25, 0.3) is 0 Å². The summed E-state index contributed by atoms with van der Waals surface area (Å²) in [5.74, 6) is -1.18.